The zero-order valence-corrected chi connectivity index (χ0v) is 17.9. The summed E-state index contributed by atoms with van der Waals surface area (Å²) in [6, 6.07) is 9.09. The lowest BCUT2D eigenvalue weighted by atomic mass is 10.1. The van der Waals surface area contributed by atoms with Gasteiger partial charge in [0.2, 0.25) is 0 Å². The summed E-state index contributed by atoms with van der Waals surface area (Å²) in [4.78, 5) is 6.70. The molecule has 0 saturated carbocycles. The first-order valence-corrected chi connectivity index (χ1v) is 10.4. The predicted molar refractivity (Wildman–Crippen MR) is 115 cm³/mol. The van der Waals surface area contributed by atoms with Crippen LogP contribution in [0.25, 0.3) is 0 Å². The van der Waals surface area contributed by atoms with Crippen molar-refractivity contribution < 1.29 is 22.7 Å². The van der Waals surface area contributed by atoms with Gasteiger partial charge in [0.05, 0.1) is 19.4 Å². The van der Waals surface area contributed by atoms with Crippen molar-refractivity contribution in [3.8, 4) is 11.5 Å². The number of nitrogens with zero attached hydrogens (tertiary/aromatic N) is 2. The third-order valence-corrected chi connectivity index (χ3v) is 5.29. The Labute approximate surface area is 181 Å². The maximum atomic E-state index is 12.6. The first-order valence-electron chi connectivity index (χ1n) is 10.4. The molecule has 0 amide bonds. The van der Waals surface area contributed by atoms with Gasteiger partial charge in [0.15, 0.2) is 17.5 Å². The molecule has 1 aromatic carbocycles. The van der Waals surface area contributed by atoms with Crippen molar-refractivity contribution in [3.05, 3.63) is 47.9 Å². The van der Waals surface area contributed by atoms with E-state index < -0.39 is 6.61 Å². The number of nitrogens with one attached hydrogen (secondary N) is 2. The number of guanidine groups is 1. The minimum absolute atomic E-state index is 0.0319. The minimum atomic E-state index is -2.90. The van der Waals surface area contributed by atoms with Gasteiger partial charge in [-0.15, -0.1) is 0 Å². The van der Waals surface area contributed by atoms with E-state index in [1.807, 2.05) is 18.2 Å². The Morgan fingerprint density at radius 1 is 1.19 bits per heavy atom. The zero-order valence-electron chi connectivity index (χ0n) is 17.9. The number of aliphatic imine (C=N–C) groups is 1. The van der Waals surface area contributed by atoms with Gasteiger partial charge < -0.3 is 24.5 Å². The van der Waals surface area contributed by atoms with Crippen LogP contribution in [0.4, 0.5) is 8.78 Å². The SMILES string of the molecule is CN=C(NCCc1ccc(OC)c(OC(F)F)c1)NCC(c1ccco1)N1CCCC1. The monoisotopic (exact) mass is 436 g/mol. The van der Waals surface area contributed by atoms with Crippen molar-refractivity contribution in [3.63, 3.8) is 0 Å². The summed E-state index contributed by atoms with van der Waals surface area (Å²) in [6.45, 7) is 0.458. The first kappa shape index (κ1) is 22.9. The summed E-state index contributed by atoms with van der Waals surface area (Å²) < 4.78 is 40.5. The van der Waals surface area contributed by atoms with Crippen LogP contribution < -0.4 is 20.1 Å². The normalized spacial score (nSPS) is 15.8. The maximum Gasteiger partial charge on any atom is 0.387 e. The van der Waals surface area contributed by atoms with E-state index in [-0.39, 0.29) is 17.5 Å². The summed E-state index contributed by atoms with van der Waals surface area (Å²) in [5.41, 5.74) is 0.852. The number of halogens is 2. The lowest BCUT2D eigenvalue weighted by Crippen LogP contribution is -2.43. The average Bonchev–Trinajstić information content (AvgIpc) is 3.47. The van der Waals surface area contributed by atoms with Crippen LogP contribution in [0, 0.1) is 0 Å². The molecule has 1 saturated heterocycles. The number of benzene rings is 1. The largest absolute Gasteiger partial charge is 0.493 e. The van der Waals surface area contributed by atoms with Crippen molar-refractivity contribution in [1.29, 1.82) is 0 Å². The van der Waals surface area contributed by atoms with Crippen LogP contribution >= 0.6 is 0 Å². The Balaban J connectivity index is 1.52. The van der Waals surface area contributed by atoms with Crippen molar-refractivity contribution in [2.75, 3.05) is 40.3 Å². The molecule has 0 bridgehead atoms. The van der Waals surface area contributed by atoms with Crippen molar-refractivity contribution in [2.45, 2.75) is 31.9 Å². The van der Waals surface area contributed by atoms with Gasteiger partial charge in [0, 0.05) is 20.1 Å². The minimum Gasteiger partial charge on any atom is -0.493 e. The summed E-state index contributed by atoms with van der Waals surface area (Å²) in [5, 5.41) is 6.64. The molecule has 1 fully saturated rings. The number of hydrogen-bond acceptors (Lipinski definition) is 5. The standard InChI is InChI=1S/C22H30F2N4O3/c1-25-22(27-15-17(18-6-5-13-30-18)28-11-3-4-12-28)26-10-9-16-7-8-19(29-2)20(14-16)31-21(23)24/h5-8,13-14,17,21H,3-4,9-12,15H2,1-2H3,(H2,25,26,27). The second kappa shape index (κ2) is 11.5. The lowest BCUT2D eigenvalue weighted by Gasteiger charge is -2.26. The molecule has 2 N–H and O–H groups in total. The van der Waals surface area contributed by atoms with Gasteiger partial charge in [0.1, 0.15) is 5.76 Å². The van der Waals surface area contributed by atoms with E-state index in [1.165, 1.54) is 20.0 Å². The van der Waals surface area contributed by atoms with Gasteiger partial charge in [-0.1, -0.05) is 6.07 Å². The van der Waals surface area contributed by atoms with Crippen LogP contribution in [0.15, 0.2) is 46.0 Å². The molecule has 1 atom stereocenters. The van der Waals surface area contributed by atoms with E-state index in [9.17, 15) is 8.78 Å². The molecular formula is C22H30F2N4O3. The van der Waals surface area contributed by atoms with Crippen molar-refractivity contribution in [2.24, 2.45) is 4.99 Å². The Hall–Kier alpha value is -2.81. The van der Waals surface area contributed by atoms with Crippen LogP contribution in [-0.2, 0) is 6.42 Å². The Morgan fingerprint density at radius 3 is 2.65 bits per heavy atom. The molecule has 0 radical (unpaired) electrons. The van der Waals surface area contributed by atoms with E-state index >= 15 is 0 Å². The summed E-state index contributed by atoms with van der Waals surface area (Å²) >= 11 is 0. The van der Waals surface area contributed by atoms with Crippen LogP contribution in [0.5, 0.6) is 11.5 Å². The molecular weight excluding hydrogens is 406 g/mol. The highest BCUT2D eigenvalue weighted by atomic mass is 19.3. The highest BCUT2D eigenvalue weighted by Crippen LogP contribution is 2.29. The van der Waals surface area contributed by atoms with Gasteiger partial charge >= 0.3 is 6.61 Å². The third kappa shape index (κ3) is 6.58. The highest BCUT2D eigenvalue weighted by molar-refractivity contribution is 5.79. The molecule has 3 rings (SSSR count). The number of furan rings is 1. The molecule has 9 heteroatoms. The fourth-order valence-electron chi connectivity index (χ4n) is 3.75. The van der Waals surface area contributed by atoms with Gasteiger partial charge in [-0.25, -0.2) is 0 Å². The molecule has 170 valence electrons. The highest BCUT2D eigenvalue weighted by Gasteiger charge is 2.25. The fourth-order valence-corrected chi connectivity index (χ4v) is 3.75. The third-order valence-electron chi connectivity index (χ3n) is 5.29. The Kier molecular flexibility index (Phi) is 8.52. The molecule has 1 aliphatic heterocycles. The Bertz CT molecular complexity index is 824. The molecule has 2 heterocycles. The first-order chi connectivity index (χ1) is 15.1. The number of rotatable bonds is 10. The van der Waals surface area contributed by atoms with E-state index in [4.69, 9.17) is 9.15 Å². The quantitative estimate of drug-likeness (QED) is 0.439. The average molecular weight is 437 g/mol. The Morgan fingerprint density at radius 2 is 2.00 bits per heavy atom. The van der Waals surface area contributed by atoms with Crippen LogP contribution in [-0.4, -0.2) is 57.8 Å². The molecule has 1 unspecified atom stereocenters. The second-order valence-electron chi connectivity index (χ2n) is 7.27. The van der Waals surface area contributed by atoms with Crippen molar-refractivity contribution >= 4 is 5.96 Å². The van der Waals surface area contributed by atoms with Crippen LogP contribution in [0.3, 0.4) is 0 Å². The molecule has 1 aromatic heterocycles. The van der Waals surface area contributed by atoms with E-state index in [2.05, 4.69) is 25.3 Å². The number of alkyl halides is 2. The van der Waals surface area contributed by atoms with Crippen LogP contribution in [0.2, 0.25) is 0 Å². The van der Waals surface area contributed by atoms with Gasteiger partial charge in [-0.05, 0) is 62.2 Å². The molecule has 1 aliphatic rings. The smallest absolute Gasteiger partial charge is 0.387 e. The summed E-state index contributed by atoms with van der Waals surface area (Å²) in [6.07, 6.45) is 4.71. The molecule has 31 heavy (non-hydrogen) atoms. The predicted octanol–water partition coefficient (Wildman–Crippen LogP) is 3.43. The maximum absolute atomic E-state index is 12.6. The molecule has 0 aliphatic carbocycles. The van der Waals surface area contributed by atoms with E-state index in [0.717, 1.165) is 24.4 Å². The summed E-state index contributed by atoms with van der Waals surface area (Å²) in [5.74, 6) is 1.92. The van der Waals surface area contributed by atoms with Gasteiger partial charge in [-0.3, -0.25) is 9.89 Å². The summed E-state index contributed by atoms with van der Waals surface area (Å²) in [7, 11) is 3.14. The molecule has 2 aromatic rings. The number of hydrogen-bond donors (Lipinski definition) is 2. The molecule has 7 nitrogen and oxygen atoms in total. The van der Waals surface area contributed by atoms with E-state index in [0.29, 0.717) is 25.5 Å². The second-order valence-corrected chi connectivity index (χ2v) is 7.27. The zero-order chi connectivity index (χ0) is 22.1. The fraction of sp³-hybridized carbons (Fsp3) is 0.500. The number of likely N-dealkylation sites (tertiary alicyclic amines) is 1. The van der Waals surface area contributed by atoms with Gasteiger partial charge in [-0.2, -0.15) is 8.78 Å². The van der Waals surface area contributed by atoms with Crippen molar-refractivity contribution in [1.82, 2.24) is 15.5 Å². The topological polar surface area (TPSA) is 71.3 Å². The van der Waals surface area contributed by atoms with Crippen LogP contribution in [0.1, 0.15) is 30.2 Å². The number of ether oxygens (including phenoxy) is 2. The number of methoxy groups -OCH3 is 1. The van der Waals surface area contributed by atoms with Gasteiger partial charge in [0.25, 0.3) is 0 Å². The lowest BCUT2D eigenvalue weighted by molar-refractivity contribution is -0.0512. The molecule has 0 spiro atoms. The van der Waals surface area contributed by atoms with E-state index in [1.54, 1.807) is 25.4 Å².